The second-order valence-electron chi connectivity index (χ2n) is 3.77. The lowest BCUT2D eigenvalue weighted by molar-refractivity contribution is -0.122. The van der Waals surface area contributed by atoms with Gasteiger partial charge in [-0.3, -0.25) is 9.59 Å². The number of benzene rings is 1. The highest BCUT2D eigenvalue weighted by atomic mass is 79.9. The summed E-state index contributed by atoms with van der Waals surface area (Å²) in [6.45, 7) is 1.66. The van der Waals surface area contributed by atoms with Gasteiger partial charge in [-0.1, -0.05) is 22.9 Å². The normalized spacial score (nSPS) is 20.7. The van der Waals surface area contributed by atoms with E-state index in [1.54, 1.807) is 13.0 Å². The molecule has 0 radical (unpaired) electrons. The van der Waals surface area contributed by atoms with Crippen molar-refractivity contribution in [1.82, 2.24) is 0 Å². The fraction of sp³-hybridized carbons (Fsp3) is 0.273. The first-order valence-corrected chi connectivity index (χ1v) is 5.62. The summed E-state index contributed by atoms with van der Waals surface area (Å²) in [5, 5.41) is 0. The van der Waals surface area contributed by atoms with E-state index in [0.29, 0.717) is 4.47 Å². The van der Waals surface area contributed by atoms with E-state index in [4.69, 9.17) is 0 Å². The summed E-state index contributed by atoms with van der Waals surface area (Å²) in [4.78, 5) is 24.2. The van der Waals surface area contributed by atoms with Gasteiger partial charge in [0.05, 0.1) is 5.69 Å². The van der Waals surface area contributed by atoms with Crippen molar-refractivity contribution >= 4 is 33.4 Å². The van der Waals surface area contributed by atoms with Crippen LogP contribution in [-0.2, 0) is 9.59 Å². The monoisotopic (exact) mass is 285 g/mol. The van der Waals surface area contributed by atoms with Crippen LogP contribution in [0.1, 0.15) is 13.3 Å². The third kappa shape index (κ3) is 1.75. The molecule has 1 atom stereocenters. The van der Waals surface area contributed by atoms with Gasteiger partial charge in [-0.05, 0) is 18.2 Å². The quantitative estimate of drug-likeness (QED) is 0.744. The van der Waals surface area contributed by atoms with Gasteiger partial charge in [-0.15, -0.1) is 0 Å². The van der Waals surface area contributed by atoms with Crippen molar-refractivity contribution in [2.24, 2.45) is 5.92 Å². The maximum atomic E-state index is 13.6. The summed E-state index contributed by atoms with van der Waals surface area (Å²) in [7, 11) is 0. The molecule has 84 valence electrons. The smallest absolute Gasteiger partial charge is 0.237 e. The molecule has 1 aliphatic rings. The average Bonchev–Trinajstić information content (AvgIpc) is 2.43. The van der Waals surface area contributed by atoms with Crippen molar-refractivity contribution in [2.45, 2.75) is 13.3 Å². The molecule has 2 amide bonds. The highest BCUT2D eigenvalue weighted by Crippen LogP contribution is 2.29. The van der Waals surface area contributed by atoms with Crippen LogP contribution in [0.2, 0.25) is 0 Å². The molecule has 16 heavy (non-hydrogen) atoms. The predicted octanol–water partition coefficient (Wildman–Crippen LogP) is 2.49. The summed E-state index contributed by atoms with van der Waals surface area (Å²) in [5.74, 6) is -1.63. The van der Waals surface area contributed by atoms with Gasteiger partial charge in [0.2, 0.25) is 11.8 Å². The third-order valence-corrected chi connectivity index (χ3v) is 3.02. The Bertz CT molecular complexity index is 475. The van der Waals surface area contributed by atoms with Crippen molar-refractivity contribution in [3.63, 3.8) is 0 Å². The average molecular weight is 286 g/mol. The Balaban J connectivity index is 2.45. The first-order valence-electron chi connectivity index (χ1n) is 4.82. The Labute approximate surface area is 100 Å². The molecule has 5 heteroatoms. The Morgan fingerprint density at radius 1 is 1.44 bits per heavy atom. The number of rotatable bonds is 1. The molecular formula is C11H9BrFNO2. The molecule has 0 bridgehead atoms. The minimum atomic E-state index is -0.579. The number of imide groups is 1. The van der Waals surface area contributed by atoms with Crippen molar-refractivity contribution in [3.8, 4) is 0 Å². The zero-order chi connectivity index (χ0) is 11.9. The van der Waals surface area contributed by atoms with Crippen LogP contribution in [0, 0.1) is 11.7 Å². The molecule has 1 unspecified atom stereocenters. The number of hydrogen-bond donors (Lipinski definition) is 0. The summed E-state index contributed by atoms with van der Waals surface area (Å²) in [5.41, 5.74) is 0.0301. The zero-order valence-electron chi connectivity index (χ0n) is 8.54. The van der Waals surface area contributed by atoms with Crippen molar-refractivity contribution < 1.29 is 14.0 Å². The molecule has 0 spiro atoms. The van der Waals surface area contributed by atoms with Gasteiger partial charge in [0.15, 0.2) is 0 Å². The van der Waals surface area contributed by atoms with Crippen molar-refractivity contribution in [1.29, 1.82) is 0 Å². The van der Waals surface area contributed by atoms with E-state index in [2.05, 4.69) is 15.9 Å². The number of carbonyl (C=O) groups is 2. The number of amides is 2. The van der Waals surface area contributed by atoms with Gasteiger partial charge >= 0.3 is 0 Å². The molecule has 1 saturated heterocycles. The van der Waals surface area contributed by atoms with Gasteiger partial charge < -0.3 is 0 Å². The summed E-state index contributed by atoms with van der Waals surface area (Å²) in [6.07, 6.45) is 0.147. The first-order chi connectivity index (χ1) is 7.50. The van der Waals surface area contributed by atoms with Gasteiger partial charge in [0.25, 0.3) is 0 Å². The standard InChI is InChI=1S/C11H9BrFNO2/c1-6-4-10(15)14(11(6)16)9-3-2-7(12)5-8(9)13/h2-3,5-6H,4H2,1H3. The maximum Gasteiger partial charge on any atom is 0.237 e. The maximum absolute atomic E-state index is 13.6. The second-order valence-corrected chi connectivity index (χ2v) is 4.68. The van der Waals surface area contributed by atoms with E-state index in [0.717, 1.165) is 4.90 Å². The Hall–Kier alpha value is -1.23. The molecular weight excluding hydrogens is 277 g/mol. The molecule has 1 fully saturated rings. The molecule has 0 saturated carbocycles. The Morgan fingerprint density at radius 3 is 2.62 bits per heavy atom. The molecule has 2 rings (SSSR count). The summed E-state index contributed by atoms with van der Waals surface area (Å²) in [6, 6.07) is 4.26. The predicted molar refractivity (Wildman–Crippen MR) is 60.4 cm³/mol. The van der Waals surface area contributed by atoms with Crippen LogP contribution in [0.5, 0.6) is 0 Å². The highest BCUT2D eigenvalue weighted by molar-refractivity contribution is 9.10. The van der Waals surface area contributed by atoms with E-state index in [-0.39, 0.29) is 29.8 Å². The van der Waals surface area contributed by atoms with Crippen LogP contribution in [0.25, 0.3) is 0 Å². The number of hydrogen-bond acceptors (Lipinski definition) is 2. The van der Waals surface area contributed by atoms with Gasteiger partial charge in [0.1, 0.15) is 5.82 Å². The number of anilines is 1. The van der Waals surface area contributed by atoms with E-state index >= 15 is 0 Å². The van der Waals surface area contributed by atoms with E-state index in [1.807, 2.05) is 0 Å². The molecule has 1 aromatic rings. The third-order valence-electron chi connectivity index (χ3n) is 2.52. The van der Waals surface area contributed by atoms with Crippen LogP contribution >= 0.6 is 15.9 Å². The van der Waals surface area contributed by atoms with E-state index in [1.165, 1.54) is 12.1 Å². The first kappa shape index (κ1) is 11.3. The fourth-order valence-corrected chi connectivity index (χ4v) is 2.03. The summed E-state index contributed by atoms with van der Waals surface area (Å²) < 4.78 is 14.2. The van der Waals surface area contributed by atoms with Gasteiger partial charge in [-0.2, -0.15) is 0 Å². The fourth-order valence-electron chi connectivity index (χ4n) is 1.70. The van der Waals surface area contributed by atoms with E-state index in [9.17, 15) is 14.0 Å². The molecule has 1 aromatic carbocycles. The van der Waals surface area contributed by atoms with Gasteiger partial charge in [-0.25, -0.2) is 9.29 Å². The number of carbonyl (C=O) groups excluding carboxylic acids is 2. The zero-order valence-corrected chi connectivity index (χ0v) is 10.1. The van der Waals surface area contributed by atoms with Crippen molar-refractivity contribution in [3.05, 3.63) is 28.5 Å². The van der Waals surface area contributed by atoms with Crippen LogP contribution in [0.3, 0.4) is 0 Å². The lowest BCUT2D eigenvalue weighted by Gasteiger charge is -2.15. The summed E-state index contributed by atoms with van der Waals surface area (Å²) >= 11 is 3.12. The minimum Gasteiger partial charge on any atom is -0.274 e. The highest BCUT2D eigenvalue weighted by Gasteiger charge is 2.37. The molecule has 3 nitrogen and oxygen atoms in total. The van der Waals surface area contributed by atoms with Crippen LogP contribution < -0.4 is 4.90 Å². The number of nitrogens with zero attached hydrogens (tertiary/aromatic N) is 1. The van der Waals surface area contributed by atoms with E-state index < -0.39 is 5.82 Å². The number of halogens is 2. The van der Waals surface area contributed by atoms with Crippen LogP contribution in [0.4, 0.5) is 10.1 Å². The molecule has 0 aliphatic carbocycles. The Kier molecular flexibility index (Phi) is 2.80. The largest absolute Gasteiger partial charge is 0.274 e. The second kappa shape index (κ2) is 3.97. The lowest BCUT2D eigenvalue weighted by atomic mass is 10.1. The molecule has 0 aromatic heterocycles. The topological polar surface area (TPSA) is 37.4 Å². The van der Waals surface area contributed by atoms with Gasteiger partial charge in [0, 0.05) is 16.8 Å². The Morgan fingerprint density at radius 2 is 2.12 bits per heavy atom. The SMILES string of the molecule is CC1CC(=O)N(c2ccc(Br)cc2F)C1=O. The van der Waals surface area contributed by atoms with Crippen LogP contribution in [0.15, 0.2) is 22.7 Å². The lowest BCUT2D eigenvalue weighted by Crippen LogP contribution is -2.30. The molecule has 0 N–H and O–H groups in total. The molecule has 1 aliphatic heterocycles. The van der Waals surface area contributed by atoms with Crippen molar-refractivity contribution in [2.75, 3.05) is 4.90 Å². The van der Waals surface area contributed by atoms with Crippen LogP contribution in [-0.4, -0.2) is 11.8 Å². The minimum absolute atomic E-state index is 0.0301. The molecule has 1 heterocycles.